The molecule has 0 spiro atoms. The minimum atomic E-state index is 0.539. The molecule has 0 saturated heterocycles. The van der Waals surface area contributed by atoms with Crippen molar-refractivity contribution in [2.24, 2.45) is 11.7 Å². The van der Waals surface area contributed by atoms with Crippen molar-refractivity contribution in [3.05, 3.63) is 27.4 Å². The molecule has 0 aromatic carbocycles. The number of nitrogens with two attached hydrogens (primary N) is 1. The Balaban J connectivity index is 2.78. The highest BCUT2D eigenvalue weighted by Gasteiger charge is 2.08. The molecular formula is C12H18ClNS. The molecule has 1 aromatic rings. The lowest BCUT2D eigenvalue weighted by Crippen LogP contribution is -1.97. The Hall–Kier alpha value is -0.310. The van der Waals surface area contributed by atoms with Gasteiger partial charge in [0.05, 0.1) is 4.34 Å². The van der Waals surface area contributed by atoms with E-state index in [0.29, 0.717) is 5.92 Å². The Kier molecular flexibility index (Phi) is 5.37. The summed E-state index contributed by atoms with van der Waals surface area (Å²) in [5.74, 6) is 0.539. The molecule has 84 valence electrons. The summed E-state index contributed by atoms with van der Waals surface area (Å²) in [6, 6.07) is 4.06. The standard InChI is InChI=1S/C12H18ClNS/c1-9(2)10(5-3-4-8-14)11-6-7-12(13)15-11/h5-7,9H,3-4,8,14H2,1-2H3/b10-5+. The quantitative estimate of drug-likeness (QED) is 0.772. The van der Waals surface area contributed by atoms with Crippen molar-refractivity contribution < 1.29 is 0 Å². The van der Waals surface area contributed by atoms with Crippen molar-refractivity contribution in [3.8, 4) is 0 Å². The fourth-order valence-corrected chi connectivity index (χ4v) is 2.70. The van der Waals surface area contributed by atoms with E-state index in [1.54, 1.807) is 11.3 Å². The molecule has 1 aromatic heterocycles. The summed E-state index contributed by atoms with van der Waals surface area (Å²) in [7, 11) is 0. The van der Waals surface area contributed by atoms with Crippen LogP contribution in [0, 0.1) is 5.92 Å². The summed E-state index contributed by atoms with van der Waals surface area (Å²) in [6.07, 6.45) is 4.40. The highest BCUT2D eigenvalue weighted by molar-refractivity contribution is 7.17. The third-order valence-corrected chi connectivity index (χ3v) is 3.53. The minimum Gasteiger partial charge on any atom is -0.330 e. The van der Waals surface area contributed by atoms with Gasteiger partial charge in [0.1, 0.15) is 0 Å². The number of allylic oxidation sites excluding steroid dienone is 2. The van der Waals surface area contributed by atoms with E-state index in [0.717, 1.165) is 23.7 Å². The Labute approximate surface area is 101 Å². The molecule has 0 amide bonds. The normalized spacial score (nSPS) is 12.5. The van der Waals surface area contributed by atoms with Crippen LogP contribution in [0.25, 0.3) is 5.57 Å². The van der Waals surface area contributed by atoms with Crippen LogP contribution in [0.1, 0.15) is 31.6 Å². The van der Waals surface area contributed by atoms with Crippen LogP contribution in [-0.2, 0) is 0 Å². The zero-order valence-corrected chi connectivity index (χ0v) is 10.9. The molecule has 0 radical (unpaired) electrons. The summed E-state index contributed by atoms with van der Waals surface area (Å²) >= 11 is 7.59. The molecule has 0 aliphatic heterocycles. The molecule has 0 unspecified atom stereocenters. The lowest BCUT2D eigenvalue weighted by atomic mass is 10.00. The molecule has 1 rings (SSSR count). The van der Waals surface area contributed by atoms with Crippen LogP contribution < -0.4 is 5.73 Å². The van der Waals surface area contributed by atoms with Gasteiger partial charge in [-0.15, -0.1) is 11.3 Å². The van der Waals surface area contributed by atoms with E-state index < -0.39 is 0 Å². The number of rotatable bonds is 5. The van der Waals surface area contributed by atoms with Crippen molar-refractivity contribution >= 4 is 28.5 Å². The first-order valence-corrected chi connectivity index (χ1v) is 6.50. The first-order valence-electron chi connectivity index (χ1n) is 5.31. The van der Waals surface area contributed by atoms with E-state index in [1.165, 1.54) is 10.5 Å². The SMILES string of the molecule is CC(C)/C(=C\CCCN)c1ccc(Cl)s1. The second-order valence-electron chi connectivity index (χ2n) is 3.85. The number of halogens is 1. The lowest BCUT2D eigenvalue weighted by Gasteiger charge is -2.09. The molecule has 1 nitrogen and oxygen atoms in total. The van der Waals surface area contributed by atoms with Gasteiger partial charge in [-0.3, -0.25) is 0 Å². The summed E-state index contributed by atoms with van der Waals surface area (Å²) in [5, 5.41) is 0. The maximum atomic E-state index is 5.94. The monoisotopic (exact) mass is 243 g/mol. The van der Waals surface area contributed by atoms with E-state index in [4.69, 9.17) is 17.3 Å². The Morgan fingerprint density at radius 3 is 2.73 bits per heavy atom. The lowest BCUT2D eigenvalue weighted by molar-refractivity contribution is 0.826. The molecular weight excluding hydrogens is 226 g/mol. The van der Waals surface area contributed by atoms with Crippen LogP contribution in [0.2, 0.25) is 4.34 Å². The molecule has 1 heterocycles. The Bertz CT molecular complexity index is 328. The number of thiophene rings is 1. The van der Waals surface area contributed by atoms with Crippen molar-refractivity contribution in [2.75, 3.05) is 6.54 Å². The molecule has 15 heavy (non-hydrogen) atoms. The molecule has 3 heteroatoms. The van der Waals surface area contributed by atoms with Gasteiger partial charge in [-0.1, -0.05) is 31.5 Å². The summed E-state index contributed by atoms with van der Waals surface area (Å²) < 4.78 is 0.857. The van der Waals surface area contributed by atoms with E-state index in [9.17, 15) is 0 Å². The molecule has 0 fully saturated rings. The molecule has 0 aliphatic rings. The van der Waals surface area contributed by atoms with Gasteiger partial charge in [0.25, 0.3) is 0 Å². The average molecular weight is 244 g/mol. The first-order chi connectivity index (χ1) is 7.15. The average Bonchev–Trinajstić information content (AvgIpc) is 2.59. The van der Waals surface area contributed by atoms with E-state index in [2.05, 4.69) is 26.0 Å². The van der Waals surface area contributed by atoms with Gasteiger partial charge >= 0.3 is 0 Å². The highest BCUT2D eigenvalue weighted by Crippen LogP contribution is 2.32. The maximum absolute atomic E-state index is 5.94. The Morgan fingerprint density at radius 2 is 2.27 bits per heavy atom. The number of hydrogen-bond acceptors (Lipinski definition) is 2. The van der Waals surface area contributed by atoms with Crippen LogP contribution in [0.3, 0.4) is 0 Å². The van der Waals surface area contributed by atoms with E-state index in [-0.39, 0.29) is 0 Å². The second kappa shape index (κ2) is 6.31. The molecule has 2 N–H and O–H groups in total. The zero-order valence-electron chi connectivity index (χ0n) is 9.29. The fourth-order valence-electron chi connectivity index (χ4n) is 1.47. The highest BCUT2D eigenvalue weighted by atomic mass is 35.5. The Morgan fingerprint density at radius 1 is 1.53 bits per heavy atom. The first kappa shape index (κ1) is 12.8. The van der Waals surface area contributed by atoms with E-state index in [1.807, 2.05) is 6.07 Å². The van der Waals surface area contributed by atoms with Gasteiger partial charge in [0, 0.05) is 4.88 Å². The van der Waals surface area contributed by atoms with Crippen LogP contribution in [0.4, 0.5) is 0 Å². The maximum Gasteiger partial charge on any atom is 0.0934 e. The predicted molar refractivity (Wildman–Crippen MR) is 70.4 cm³/mol. The topological polar surface area (TPSA) is 26.0 Å². The van der Waals surface area contributed by atoms with Gasteiger partial charge in [-0.2, -0.15) is 0 Å². The molecule has 0 saturated carbocycles. The zero-order chi connectivity index (χ0) is 11.3. The van der Waals surface area contributed by atoms with Gasteiger partial charge < -0.3 is 5.73 Å². The van der Waals surface area contributed by atoms with E-state index >= 15 is 0 Å². The second-order valence-corrected chi connectivity index (χ2v) is 5.56. The number of unbranched alkanes of at least 4 members (excludes halogenated alkanes) is 1. The van der Waals surface area contributed by atoms with Gasteiger partial charge in [-0.05, 0) is 43.0 Å². The predicted octanol–water partition coefficient (Wildman–Crippen LogP) is 4.18. The fraction of sp³-hybridized carbons (Fsp3) is 0.500. The summed E-state index contributed by atoms with van der Waals surface area (Å²) in [5.41, 5.74) is 6.88. The third-order valence-electron chi connectivity index (χ3n) is 2.25. The van der Waals surface area contributed by atoms with Crippen molar-refractivity contribution in [2.45, 2.75) is 26.7 Å². The van der Waals surface area contributed by atoms with Crippen LogP contribution in [0.5, 0.6) is 0 Å². The summed E-state index contributed by atoms with van der Waals surface area (Å²) in [6.45, 7) is 5.18. The van der Waals surface area contributed by atoms with Crippen molar-refractivity contribution in [3.63, 3.8) is 0 Å². The third kappa shape index (κ3) is 3.98. The largest absolute Gasteiger partial charge is 0.330 e. The van der Waals surface area contributed by atoms with Crippen LogP contribution in [0.15, 0.2) is 18.2 Å². The molecule has 0 aliphatic carbocycles. The van der Waals surface area contributed by atoms with Crippen LogP contribution in [-0.4, -0.2) is 6.54 Å². The van der Waals surface area contributed by atoms with Gasteiger partial charge in [0.2, 0.25) is 0 Å². The van der Waals surface area contributed by atoms with Crippen molar-refractivity contribution in [1.29, 1.82) is 0 Å². The summed E-state index contributed by atoms with van der Waals surface area (Å²) in [4.78, 5) is 1.28. The molecule has 0 atom stereocenters. The van der Waals surface area contributed by atoms with Gasteiger partial charge in [0.15, 0.2) is 0 Å². The van der Waals surface area contributed by atoms with Crippen LogP contribution >= 0.6 is 22.9 Å². The molecule has 0 bridgehead atoms. The number of hydrogen-bond donors (Lipinski definition) is 1. The van der Waals surface area contributed by atoms with Crippen molar-refractivity contribution in [1.82, 2.24) is 0 Å². The van der Waals surface area contributed by atoms with Gasteiger partial charge in [-0.25, -0.2) is 0 Å². The minimum absolute atomic E-state index is 0.539. The smallest absolute Gasteiger partial charge is 0.0934 e.